The highest BCUT2D eigenvalue weighted by Crippen LogP contribution is 2.30. The van der Waals surface area contributed by atoms with Gasteiger partial charge in [-0.2, -0.15) is 5.26 Å². The van der Waals surface area contributed by atoms with Gasteiger partial charge in [0.05, 0.1) is 12.7 Å². The van der Waals surface area contributed by atoms with Crippen molar-refractivity contribution in [1.29, 1.82) is 5.26 Å². The maximum atomic E-state index is 13.0. The summed E-state index contributed by atoms with van der Waals surface area (Å²) in [6, 6.07) is 11.8. The van der Waals surface area contributed by atoms with Crippen LogP contribution in [0.2, 0.25) is 0 Å². The van der Waals surface area contributed by atoms with Gasteiger partial charge < -0.3 is 10.5 Å². The number of halogens is 1. The highest BCUT2D eigenvalue weighted by atomic mass is 32.2. The monoisotopic (exact) mass is 288 g/mol. The van der Waals surface area contributed by atoms with Crippen molar-refractivity contribution in [3.63, 3.8) is 0 Å². The van der Waals surface area contributed by atoms with Gasteiger partial charge in [0, 0.05) is 16.3 Å². The first-order valence-electron chi connectivity index (χ1n) is 5.89. The van der Waals surface area contributed by atoms with E-state index in [1.165, 1.54) is 31.0 Å². The number of methoxy groups -OCH3 is 1. The maximum Gasteiger partial charge on any atom is 0.136 e. The number of rotatable bonds is 4. The van der Waals surface area contributed by atoms with Gasteiger partial charge in [-0.3, -0.25) is 0 Å². The number of anilines is 1. The molecule has 0 aliphatic rings. The highest BCUT2D eigenvalue weighted by Gasteiger charge is 2.06. The molecule has 3 nitrogen and oxygen atoms in total. The van der Waals surface area contributed by atoms with Crippen LogP contribution >= 0.6 is 11.8 Å². The third kappa shape index (κ3) is 3.22. The Balaban J connectivity index is 2.13. The van der Waals surface area contributed by atoms with Gasteiger partial charge in [-0.1, -0.05) is 6.07 Å². The number of benzene rings is 2. The van der Waals surface area contributed by atoms with E-state index in [1.54, 1.807) is 12.1 Å². The topological polar surface area (TPSA) is 59.0 Å². The number of hydrogen-bond acceptors (Lipinski definition) is 4. The Morgan fingerprint density at radius 2 is 2.10 bits per heavy atom. The molecule has 2 N–H and O–H groups in total. The molecule has 0 unspecified atom stereocenters. The molecule has 0 spiro atoms. The van der Waals surface area contributed by atoms with Crippen LogP contribution in [0.1, 0.15) is 11.1 Å². The maximum absolute atomic E-state index is 13.0. The summed E-state index contributed by atoms with van der Waals surface area (Å²) >= 11 is 1.51. The van der Waals surface area contributed by atoms with E-state index in [2.05, 4.69) is 6.07 Å². The summed E-state index contributed by atoms with van der Waals surface area (Å²) in [5.41, 5.74) is 7.70. The van der Waals surface area contributed by atoms with E-state index in [1.807, 2.05) is 12.1 Å². The summed E-state index contributed by atoms with van der Waals surface area (Å²) in [5.74, 6) is 0.877. The zero-order chi connectivity index (χ0) is 14.5. The fourth-order valence-corrected chi connectivity index (χ4v) is 2.62. The number of thioether (sulfide) groups is 1. The van der Waals surface area contributed by atoms with Crippen LogP contribution < -0.4 is 10.5 Å². The van der Waals surface area contributed by atoms with Gasteiger partial charge in [0.15, 0.2) is 0 Å². The second-order valence-corrected chi connectivity index (χ2v) is 5.13. The van der Waals surface area contributed by atoms with E-state index in [0.717, 1.165) is 10.5 Å². The fourth-order valence-electron chi connectivity index (χ4n) is 1.73. The van der Waals surface area contributed by atoms with Crippen LogP contribution in [0.5, 0.6) is 5.75 Å². The van der Waals surface area contributed by atoms with Crippen molar-refractivity contribution in [3.05, 3.63) is 53.3 Å². The second kappa shape index (κ2) is 6.31. The molecule has 0 saturated carbocycles. The SMILES string of the molecule is COc1cc(CSc2ccc(F)cc2N)ccc1C#N. The molecule has 0 radical (unpaired) electrons. The van der Waals surface area contributed by atoms with Gasteiger partial charge in [-0.25, -0.2) is 4.39 Å². The van der Waals surface area contributed by atoms with E-state index in [-0.39, 0.29) is 5.82 Å². The Morgan fingerprint density at radius 1 is 1.30 bits per heavy atom. The number of nitriles is 1. The molecule has 0 atom stereocenters. The average Bonchev–Trinajstić information content (AvgIpc) is 2.46. The first-order valence-corrected chi connectivity index (χ1v) is 6.87. The van der Waals surface area contributed by atoms with E-state index < -0.39 is 0 Å². The molecular formula is C15H13FN2OS. The lowest BCUT2D eigenvalue weighted by atomic mass is 10.1. The Hall–Kier alpha value is -2.19. The molecule has 0 saturated heterocycles. The van der Waals surface area contributed by atoms with Gasteiger partial charge in [-0.05, 0) is 35.9 Å². The Morgan fingerprint density at radius 3 is 2.75 bits per heavy atom. The number of nitrogens with zero attached hydrogens (tertiary/aromatic N) is 1. The Labute approximate surface area is 121 Å². The minimum absolute atomic E-state index is 0.341. The number of hydrogen-bond donors (Lipinski definition) is 1. The molecule has 102 valence electrons. The summed E-state index contributed by atoms with van der Waals surface area (Å²) in [5, 5.41) is 8.92. The van der Waals surface area contributed by atoms with E-state index in [4.69, 9.17) is 15.7 Å². The van der Waals surface area contributed by atoms with Gasteiger partial charge in [-0.15, -0.1) is 11.8 Å². The molecule has 0 amide bonds. The molecule has 0 fully saturated rings. The van der Waals surface area contributed by atoms with Crippen molar-refractivity contribution in [2.75, 3.05) is 12.8 Å². The quantitative estimate of drug-likeness (QED) is 0.690. The molecule has 0 heterocycles. The molecule has 5 heteroatoms. The lowest BCUT2D eigenvalue weighted by Crippen LogP contribution is -1.92. The molecule has 0 bridgehead atoms. The first-order chi connectivity index (χ1) is 9.63. The predicted octanol–water partition coefficient (Wildman–Crippen LogP) is 3.58. The second-order valence-electron chi connectivity index (χ2n) is 4.12. The lowest BCUT2D eigenvalue weighted by molar-refractivity contribution is 0.413. The standard InChI is InChI=1S/C15H13FN2OS/c1-19-14-6-10(2-3-11(14)8-17)9-20-15-5-4-12(16)7-13(15)18/h2-7H,9,18H2,1H3. The third-order valence-electron chi connectivity index (χ3n) is 2.75. The van der Waals surface area contributed by atoms with Crippen molar-refractivity contribution in [3.8, 4) is 11.8 Å². The lowest BCUT2D eigenvalue weighted by Gasteiger charge is -2.08. The van der Waals surface area contributed by atoms with Crippen LogP contribution in [0.25, 0.3) is 0 Å². The highest BCUT2D eigenvalue weighted by molar-refractivity contribution is 7.98. The predicted molar refractivity (Wildman–Crippen MR) is 78.1 cm³/mol. The van der Waals surface area contributed by atoms with E-state index >= 15 is 0 Å². The van der Waals surface area contributed by atoms with Crippen molar-refractivity contribution in [1.82, 2.24) is 0 Å². The number of nitrogens with two attached hydrogens (primary N) is 1. The zero-order valence-corrected chi connectivity index (χ0v) is 11.7. The summed E-state index contributed by atoms with van der Waals surface area (Å²) in [7, 11) is 1.53. The first kappa shape index (κ1) is 14.2. The van der Waals surface area contributed by atoms with Crippen molar-refractivity contribution >= 4 is 17.4 Å². The Bertz CT molecular complexity index is 667. The molecule has 0 aliphatic carbocycles. The van der Waals surface area contributed by atoms with Gasteiger partial charge in [0.2, 0.25) is 0 Å². The minimum atomic E-state index is -0.341. The molecule has 2 rings (SSSR count). The van der Waals surface area contributed by atoms with Crippen molar-refractivity contribution in [2.24, 2.45) is 0 Å². The minimum Gasteiger partial charge on any atom is -0.495 e. The summed E-state index contributed by atoms with van der Waals surface area (Å²) in [6.07, 6.45) is 0. The largest absolute Gasteiger partial charge is 0.495 e. The molecule has 0 aliphatic heterocycles. The van der Waals surface area contributed by atoms with Crippen LogP contribution in [-0.4, -0.2) is 7.11 Å². The van der Waals surface area contributed by atoms with Crippen LogP contribution in [0.4, 0.5) is 10.1 Å². The molecule has 2 aromatic rings. The number of ether oxygens (including phenoxy) is 1. The molecule has 2 aromatic carbocycles. The van der Waals surface area contributed by atoms with Crippen LogP contribution in [0.15, 0.2) is 41.3 Å². The molecule has 0 aromatic heterocycles. The van der Waals surface area contributed by atoms with Crippen molar-refractivity contribution < 1.29 is 9.13 Å². The third-order valence-corrected chi connectivity index (χ3v) is 3.91. The zero-order valence-electron chi connectivity index (χ0n) is 10.9. The Kier molecular flexibility index (Phi) is 4.49. The van der Waals surface area contributed by atoms with Crippen LogP contribution in [0, 0.1) is 17.1 Å². The normalized spacial score (nSPS) is 10.1. The summed E-state index contributed by atoms with van der Waals surface area (Å²) < 4.78 is 18.1. The average molecular weight is 288 g/mol. The van der Waals surface area contributed by atoms with Gasteiger partial charge >= 0.3 is 0 Å². The van der Waals surface area contributed by atoms with Crippen molar-refractivity contribution in [2.45, 2.75) is 10.6 Å². The molecule has 20 heavy (non-hydrogen) atoms. The van der Waals surface area contributed by atoms with Gasteiger partial charge in [0.1, 0.15) is 17.6 Å². The summed E-state index contributed by atoms with van der Waals surface area (Å²) in [4.78, 5) is 0.828. The van der Waals surface area contributed by atoms with E-state index in [9.17, 15) is 4.39 Å². The van der Waals surface area contributed by atoms with E-state index in [0.29, 0.717) is 22.8 Å². The summed E-state index contributed by atoms with van der Waals surface area (Å²) in [6.45, 7) is 0. The van der Waals surface area contributed by atoms with Crippen LogP contribution in [0.3, 0.4) is 0 Å². The van der Waals surface area contributed by atoms with Crippen LogP contribution in [-0.2, 0) is 5.75 Å². The number of nitrogen functional groups attached to an aromatic ring is 1. The smallest absolute Gasteiger partial charge is 0.136 e. The fraction of sp³-hybridized carbons (Fsp3) is 0.133. The van der Waals surface area contributed by atoms with Gasteiger partial charge in [0.25, 0.3) is 0 Å². The molecular weight excluding hydrogens is 275 g/mol.